The zero-order valence-corrected chi connectivity index (χ0v) is 10.4. The number of likely N-dealkylation sites (N-methyl/N-ethyl adjacent to an activating group) is 1. The lowest BCUT2D eigenvalue weighted by atomic mass is 10.3. The van der Waals surface area contributed by atoms with E-state index in [9.17, 15) is 14.4 Å². The van der Waals surface area contributed by atoms with Gasteiger partial charge in [0.25, 0.3) is 0 Å². The predicted octanol–water partition coefficient (Wildman–Crippen LogP) is -1.05. The molecule has 0 aliphatic rings. The predicted molar refractivity (Wildman–Crippen MR) is 63.4 cm³/mol. The first-order chi connectivity index (χ1) is 8.01. The average molecular weight is 244 g/mol. The molecule has 17 heavy (non-hydrogen) atoms. The summed E-state index contributed by atoms with van der Waals surface area (Å²) in [6.45, 7) is 6.16. The van der Waals surface area contributed by atoms with Crippen molar-refractivity contribution in [1.29, 1.82) is 0 Å². The number of carbonyl (C=O) groups excluding carboxylic acids is 3. The van der Waals surface area contributed by atoms with Gasteiger partial charge in [0.05, 0.1) is 12.6 Å². The van der Waals surface area contributed by atoms with Gasteiger partial charge in [0, 0.05) is 13.1 Å². The van der Waals surface area contributed by atoms with Crippen LogP contribution < -0.4 is 21.3 Å². The third-order valence-corrected chi connectivity index (χ3v) is 1.91. The summed E-state index contributed by atoms with van der Waals surface area (Å²) in [5.41, 5.74) is 0. The Balaban J connectivity index is 3.89. The maximum absolute atomic E-state index is 11.4. The van der Waals surface area contributed by atoms with Gasteiger partial charge >= 0.3 is 6.03 Å². The number of amides is 4. The summed E-state index contributed by atoms with van der Waals surface area (Å²) in [6, 6.07) is -1.15. The van der Waals surface area contributed by atoms with Crippen LogP contribution in [0.4, 0.5) is 4.79 Å². The van der Waals surface area contributed by atoms with E-state index in [1.807, 2.05) is 6.92 Å². The largest absolute Gasteiger partial charge is 0.355 e. The molecular formula is C10H20N4O3. The summed E-state index contributed by atoms with van der Waals surface area (Å²) in [5.74, 6) is -0.662. The molecule has 0 bridgehead atoms. The molecule has 0 aliphatic heterocycles. The van der Waals surface area contributed by atoms with Crippen molar-refractivity contribution in [2.24, 2.45) is 0 Å². The van der Waals surface area contributed by atoms with Crippen molar-refractivity contribution in [3.8, 4) is 0 Å². The molecule has 0 saturated heterocycles. The van der Waals surface area contributed by atoms with Crippen LogP contribution >= 0.6 is 0 Å². The summed E-state index contributed by atoms with van der Waals surface area (Å²) < 4.78 is 0. The number of rotatable bonds is 6. The van der Waals surface area contributed by atoms with Crippen LogP contribution in [0.15, 0.2) is 0 Å². The first-order valence-corrected chi connectivity index (χ1v) is 5.60. The zero-order valence-electron chi connectivity index (χ0n) is 10.4. The van der Waals surface area contributed by atoms with Gasteiger partial charge in [-0.3, -0.25) is 20.2 Å². The molecule has 0 aliphatic carbocycles. The van der Waals surface area contributed by atoms with Gasteiger partial charge in [-0.15, -0.1) is 0 Å². The summed E-state index contributed by atoms with van der Waals surface area (Å²) >= 11 is 0. The lowest BCUT2D eigenvalue weighted by Crippen LogP contribution is -2.49. The van der Waals surface area contributed by atoms with Gasteiger partial charge in [-0.05, 0) is 20.8 Å². The van der Waals surface area contributed by atoms with Crippen LogP contribution in [-0.2, 0) is 9.59 Å². The topological polar surface area (TPSA) is 99.3 Å². The summed E-state index contributed by atoms with van der Waals surface area (Å²) in [6.07, 6.45) is 0. The SMILES string of the molecule is CCNC(=O)CNC(C)C(=O)NC(=O)NCC. The van der Waals surface area contributed by atoms with Crippen molar-refractivity contribution >= 4 is 17.8 Å². The van der Waals surface area contributed by atoms with E-state index >= 15 is 0 Å². The molecular weight excluding hydrogens is 224 g/mol. The number of nitrogens with one attached hydrogen (secondary N) is 4. The minimum absolute atomic E-state index is 0.0395. The number of hydrogen-bond acceptors (Lipinski definition) is 4. The fourth-order valence-electron chi connectivity index (χ4n) is 1.02. The molecule has 0 saturated carbocycles. The highest BCUT2D eigenvalue weighted by Gasteiger charge is 2.15. The Labute approximate surface area is 101 Å². The van der Waals surface area contributed by atoms with E-state index in [0.29, 0.717) is 13.1 Å². The second-order valence-corrected chi connectivity index (χ2v) is 3.40. The fraction of sp³-hybridized carbons (Fsp3) is 0.700. The van der Waals surface area contributed by atoms with E-state index in [4.69, 9.17) is 0 Å². The van der Waals surface area contributed by atoms with Crippen LogP contribution in [0.5, 0.6) is 0 Å². The fourth-order valence-corrected chi connectivity index (χ4v) is 1.02. The first-order valence-electron chi connectivity index (χ1n) is 5.60. The van der Waals surface area contributed by atoms with E-state index < -0.39 is 18.0 Å². The highest BCUT2D eigenvalue weighted by Crippen LogP contribution is 1.81. The normalized spacial score (nSPS) is 11.5. The molecule has 0 aromatic rings. The monoisotopic (exact) mass is 244 g/mol. The molecule has 7 nitrogen and oxygen atoms in total. The maximum atomic E-state index is 11.4. The van der Waals surface area contributed by atoms with Crippen LogP contribution in [0, 0.1) is 0 Å². The molecule has 1 unspecified atom stereocenters. The van der Waals surface area contributed by atoms with Crippen LogP contribution in [0.25, 0.3) is 0 Å². The van der Waals surface area contributed by atoms with Crippen molar-refractivity contribution in [3.63, 3.8) is 0 Å². The molecule has 0 aromatic carbocycles. The molecule has 98 valence electrons. The van der Waals surface area contributed by atoms with Crippen LogP contribution in [0.2, 0.25) is 0 Å². The molecule has 0 aromatic heterocycles. The highest BCUT2D eigenvalue weighted by atomic mass is 16.2. The third kappa shape index (κ3) is 7.29. The quantitative estimate of drug-likeness (QED) is 0.479. The molecule has 1 atom stereocenters. The van der Waals surface area contributed by atoms with E-state index in [1.165, 1.54) is 0 Å². The van der Waals surface area contributed by atoms with Gasteiger partial charge in [-0.1, -0.05) is 0 Å². The molecule has 4 amide bonds. The summed E-state index contributed by atoms with van der Waals surface area (Å²) in [7, 11) is 0. The van der Waals surface area contributed by atoms with Crippen molar-refractivity contribution in [1.82, 2.24) is 21.3 Å². The van der Waals surface area contributed by atoms with Crippen LogP contribution in [0.1, 0.15) is 20.8 Å². The van der Waals surface area contributed by atoms with Gasteiger partial charge in [0.15, 0.2) is 0 Å². The summed E-state index contributed by atoms with van der Waals surface area (Å²) in [4.78, 5) is 33.6. The maximum Gasteiger partial charge on any atom is 0.321 e. The van der Waals surface area contributed by atoms with Gasteiger partial charge in [-0.25, -0.2) is 4.79 Å². The summed E-state index contributed by atoms with van der Waals surface area (Å²) in [5, 5.41) is 9.89. The molecule has 0 heterocycles. The van der Waals surface area contributed by atoms with Crippen molar-refractivity contribution in [3.05, 3.63) is 0 Å². The Hall–Kier alpha value is -1.63. The van der Waals surface area contributed by atoms with Crippen molar-refractivity contribution in [2.45, 2.75) is 26.8 Å². The Morgan fingerprint density at radius 3 is 2.18 bits per heavy atom. The Morgan fingerprint density at radius 2 is 1.65 bits per heavy atom. The average Bonchev–Trinajstić information content (AvgIpc) is 2.26. The van der Waals surface area contributed by atoms with Gasteiger partial charge in [-0.2, -0.15) is 0 Å². The van der Waals surface area contributed by atoms with Gasteiger partial charge in [0.1, 0.15) is 0 Å². The molecule has 0 spiro atoms. The van der Waals surface area contributed by atoms with Gasteiger partial charge in [0.2, 0.25) is 11.8 Å². The smallest absolute Gasteiger partial charge is 0.321 e. The van der Waals surface area contributed by atoms with Crippen molar-refractivity contribution in [2.75, 3.05) is 19.6 Å². The molecule has 7 heteroatoms. The number of imide groups is 1. The Kier molecular flexibility index (Phi) is 7.70. The molecule has 0 fully saturated rings. The Bertz CT molecular complexity index is 281. The number of urea groups is 1. The van der Waals surface area contributed by atoms with E-state index in [0.717, 1.165) is 0 Å². The van der Waals surface area contributed by atoms with E-state index in [2.05, 4.69) is 21.3 Å². The minimum Gasteiger partial charge on any atom is -0.355 e. The molecule has 0 rings (SSSR count). The standard InChI is InChI=1S/C10H20N4O3/c1-4-11-8(15)6-13-7(3)9(16)14-10(17)12-5-2/h7,13H,4-6H2,1-3H3,(H,11,15)(H2,12,14,16,17). The molecule has 0 radical (unpaired) electrons. The lowest BCUT2D eigenvalue weighted by molar-refractivity contribution is -0.122. The van der Waals surface area contributed by atoms with Crippen molar-refractivity contribution < 1.29 is 14.4 Å². The number of carbonyl (C=O) groups is 3. The van der Waals surface area contributed by atoms with Gasteiger partial charge < -0.3 is 10.6 Å². The first kappa shape index (κ1) is 15.4. The van der Waals surface area contributed by atoms with Crippen LogP contribution in [0.3, 0.4) is 0 Å². The molecule has 4 N–H and O–H groups in total. The highest BCUT2D eigenvalue weighted by molar-refractivity contribution is 5.97. The zero-order chi connectivity index (χ0) is 13.3. The second kappa shape index (κ2) is 8.51. The Morgan fingerprint density at radius 1 is 1.06 bits per heavy atom. The number of hydrogen-bond donors (Lipinski definition) is 4. The second-order valence-electron chi connectivity index (χ2n) is 3.40. The van der Waals surface area contributed by atoms with E-state index in [1.54, 1.807) is 13.8 Å². The third-order valence-electron chi connectivity index (χ3n) is 1.91. The lowest BCUT2D eigenvalue weighted by Gasteiger charge is -2.13. The van der Waals surface area contributed by atoms with E-state index in [-0.39, 0.29) is 12.5 Å². The minimum atomic E-state index is -0.611. The van der Waals surface area contributed by atoms with Crippen LogP contribution in [-0.4, -0.2) is 43.5 Å².